The number of hydrogen-bond acceptors (Lipinski definition) is 2. The Balaban J connectivity index is 1.78. The molecule has 0 unspecified atom stereocenters. The van der Waals surface area contributed by atoms with E-state index in [1.165, 1.54) is 0 Å². The second kappa shape index (κ2) is 5.12. The van der Waals surface area contributed by atoms with Gasteiger partial charge in [-0.25, -0.2) is 4.68 Å². The summed E-state index contributed by atoms with van der Waals surface area (Å²) < 4.78 is 3.91. The van der Waals surface area contributed by atoms with Crippen LogP contribution in [-0.4, -0.2) is 19.5 Å². The first kappa shape index (κ1) is 11.7. The van der Waals surface area contributed by atoms with Gasteiger partial charge in [0.25, 0.3) is 0 Å². The molecule has 19 heavy (non-hydrogen) atoms. The molecule has 0 aliphatic carbocycles. The first-order valence-electron chi connectivity index (χ1n) is 6.19. The number of aliphatic hydroxyl groups is 1. The van der Waals surface area contributed by atoms with Crippen LogP contribution >= 0.6 is 0 Å². The molecule has 0 spiro atoms. The van der Waals surface area contributed by atoms with Gasteiger partial charge in [-0.3, -0.25) is 0 Å². The number of nitrogens with zero attached hydrogens (tertiary/aromatic N) is 3. The molecule has 0 saturated heterocycles. The third-order valence-electron chi connectivity index (χ3n) is 3.02. The third-order valence-corrected chi connectivity index (χ3v) is 3.02. The Morgan fingerprint density at radius 2 is 1.84 bits per heavy atom. The monoisotopic (exact) mass is 253 g/mol. The Kier molecular flexibility index (Phi) is 3.16. The van der Waals surface area contributed by atoms with Gasteiger partial charge >= 0.3 is 0 Å². The summed E-state index contributed by atoms with van der Waals surface area (Å²) in [5.41, 5.74) is 3.11. The predicted octanol–water partition coefficient (Wildman–Crippen LogP) is 2.21. The lowest BCUT2D eigenvalue weighted by Crippen LogP contribution is -1.96. The van der Waals surface area contributed by atoms with Crippen LogP contribution in [0.4, 0.5) is 0 Å². The van der Waals surface area contributed by atoms with Crippen LogP contribution in [0.15, 0.2) is 61.2 Å². The molecular formula is C15H15N3O. The van der Waals surface area contributed by atoms with Gasteiger partial charge in [0.1, 0.15) is 0 Å². The molecule has 0 atom stereocenters. The molecule has 0 bridgehead atoms. The van der Waals surface area contributed by atoms with Crippen LogP contribution in [0.25, 0.3) is 5.69 Å². The molecule has 3 aromatic rings. The van der Waals surface area contributed by atoms with Gasteiger partial charge < -0.3 is 9.67 Å². The fourth-order valence-corrected chi connectivity index (χ4v) is 2.06. The molecule has 0 aliphatic heterocycles. The van der Waals surface area contributed by atoms with Crippen LogP contribution in [0.2, 0.25) is 0 Å². The van der Waals surface area contributed by atoms with Crippen LogP contribution in [-0.2, 0) is 13.2 Å². The van der Waals surface area contributed by atoms with Gasteiger partial charge in [0.15, 0.2) is 0 Å². The van der Waals surface area contributed by atoms with Gasteiger partial charge in [-0.2, -0.15) is 5.10 Å². The molecule has 4 heteroatoms. The molecule has 96 valence electrons. The molecule has 2 heterocycles. The van der Waals surface area contributed by atoms with Crippen molar-refractivity contribution in [3.8, 4) is 5.69 Å². The Labute approximate surface area is 111 Å². The van der Waals surface area contributed by atoms with Gasteiger partial charge in [-0.1, -0.05) is 18.2 Å². The van der Waals surface area contributed by atoms with Crippen molar-refractivity contribution < 1.29 is 5.11 Å². The van der Waals surface area contributed by atoms with Crippen molar-refractivity contribution in [2.24, 2.45) is 0 Å². The molecule has 4 nitrogen and oxygen atoms in total. The number of aliphatic hydroxyl groups excluding tert-OH is 1. The predicted molar refractivity (Wildman–Crippen MR) is 73.0 cm³/mol. The minimum atomic E-state index is 0.0796. The normalized spacial score (nSPS) is 10.8. The third kappa shape index (κ3) is 2.58. The van der Waals surface area contributed by atoms with Crippen molar-refractivity contribution in [3.63, 3.8) is 0 Å². The number of hydrogen-bond donors (Lipinski definition) is 1. The zero-order chi connectivity index (χ0) is 13.1. The summed E-state index contributed by atoms with van der Waals surface area (Å²) in [7, 11) is 0. The number of benzene rings is 1. The van der Waals surface area contributed by atoms with Crippen molar-refractivity contribution in [2.75, 3.05) is 0 Å². The van der Waals surface area contributed by atoms with Crippen LogP contribution in [0.1, 0.15) is 11.1 Å². The van der Waals surface area contributed by atoms with Crippen LogP contribution in [0.3, 0.4) is 0 Å². The smallest absolute Gasteiger partial charge is 0.0696 e. The van der Waals surface area contributed by atoms with Crippen LogP contribution in [0.5, 0.6) is 0 Å². The standard InChI is InChI=1S/C15H15N3O/c19-12-13-6-7-17(9-13)10-14-8-16-18(11-14)15-4-2-1-3-5-15/h1-9,11,19H,10,12H2. The SMILES string of the molecule is OCc1ccn(Cc2cnn(-c3ccccc3)c2)c1. The highest BCUT2D eigenvalue weighted by Gasteiger charge is 2.02. The van der Waals surface area contributed by atoms with Gasteiger partial charge in [0.2, 0.25) is 0 Å². The minimum Gasteiger partial charge on any atom is -0.392 e. The van der Waals surface area contributed by atoms with E-state index in [0.29, 0.717) is 0 Å². The van der Waals surface area contributed by atoms with Crippen molar-refractivity contribution in [3.05, 3.63) is 72.3 Å². The summed E-state index contributed by atoms with van der Waals surface area (Å²) in [6.07, 6.45) is 7.80. The zero-order valence-corrected chi connectivity index (χ0v) is 10.5. The topological polar surface area (TPSA) is 43.0 Å². The lowest BCUT2D eigenvalue weighted by atomic mass is 10.3. The summed E-state index contributed by atoms with van der Waals surface area (Å²) in [6, 6.07) is 11.9. The van der Waals surface area contributed by atoms with E-state index in [1.54, 1.807) is 0 Å². The average Bonchev–Trinajstić information content (AvgIpc) is 3.09. The minimum absolute atomic E-state index is 0.0796. The fraction of sp³-hybridized carbons (Fsp3) is 0.133. The summed E-state index contributed by atoms with van der Waals surface area (Å²) in [4.78, 5) is 0. The van der Waals surface area contributed by atoms with E-state index in [0.717, 1.165) is 23.4 Å². The van der Waals surface area contributed by atoms with Gasteiger partial charge in [0, 0.05) is 24.2 Å². The van der Waals surface area contributed by atoms with E-state index in [4.69, 9.17) is 5.11 Å². The van der Waals surface area contributed by atoms with Crippen molar-refractivity contribution in [1.29, 1.82) is 0 Å². The average molecular weight is 253 g/mol. The Bertz CT molecular complexity index is 655. The summed E-state index contributed by atoms with van der Waals surface area (Å²) in [6.45, 7) is 0.836. The maximum atomic E-state index is 9.04. The Morgan fingerprint density at radius 1 is 1.00 bits per heavy atom. The van der Waals surface area contributed by atoms with E-state index < -0.39 is 0 Å². The first-order valence-corrected chi connectivity index (χ1v) is 6.19. The molecule has 0 saturated carbocycles. The first-order chi connectivity index (χ1) is 9.35. The van der Waals surface area contributed by atoms with E-state index in [-0.39, 0.29) is 6.61 Å². The molecule has 0 radical (unpaired) electrons. The molecule has 1 N–H and O–H groups in total. The number of aromatic nitrogens is 3. The summed E-state index contributed by atoms with van der Waals surface area (Å²) in [5.74, 6) is 0. The molecule has 3 rings (SSSR count). The second-order valence-corrected chi connectivity index (χ2v) is 4.48. The Morgan fingerprint density at radius 3 is 2.58 bits per heavy atom. The molecule has 1 aromatic carbocycles. The number of rotatable bonds is 4. The maximum absolute atomic E-state index is 9.04. The van der Waals surface area contributed by atoms with Crippen LogP contribution in [0, 0.1) is 0 Å². The Hall–Kier alpha value is -2.33. The molecule has 0 aliphatic rings. The van der Waals surface area contributed by atoms with Gasteiger partial charge in [0.05, 0.1) is 25.0 Å². The maximum Gasteiger partial charge on any atom is 0.0696 e. The highest BCUT2D eigenvalue weighted by Crippen LogP contribution is 2.10. The lowest BCUT2D eigenvalue weighted by molar-refractivity contribution is 0.282. The lowest BCUT2D eigenvalue weighted by Gasteiger charge is -2.00. The van der Waals surface area contributed by atoms with E-state index in [1.807, 2.05) is 70.4 Å². The fourth-order valence-electron chi connectivity index (χ4n) is 2.06. The summed E-state index contributed by atoms with van der Waals surface area (Å²) >= 11 is 0. The molecule has 0 amide bonds. The quantitative estimate of drug-likeness (QED) is 0.774. The van der Waals surface area contributed by atoms with E-state index in [9.17, 15) is 0 Å². The van der Waals surface area contributed by atoms with Crippen molar-refractivity contribution >= 4 is 0 Å². The molecule has 2 aromatic heterocycles. The summed E-state index contributed by atoms with van der Waals surface area (Å²) in [5, 5.41) is 13.4. The highest BCUT2D eigenvalue weighted by molar-refractivity contribution is 5.31. The van der Waals surface area contributed by atoms with Gasteiger partial charge in [-0.05, 0) is 23.8 Å². The largest absolute Gasteiger partial charge is 0.392 e. The molecular weight excluding hydrogens is 238 g/mol. The van der Waals surface area contributed by atoms with Crippen LogP contribution < -0.4 is 0 Å². The van der Waals surface area contributed by atoms with Crippen molar-refractivity contribution in [2.45, 2.75) is 13.2 Å². The molecule has 0 fully saturated rings. The second-order valence-electron chi connectivity index (χ2n) is 4.48. The van der Waals surface area contributed by atoms with E-state index in [2.05, 4.69) is 5.10 Å². The van der Waals surface area contributed by atoms with E-state index >= 15 is 0 Å². The zero-order valence-electron chi connectivity index (χ0n) is 10.5. The van der Waals surface area contributed by atoms with Crippen molar-refractivity contribution in [1.82, 2.24) is 14.3 Å². The van der Waals surface area contributed by atoms with Gasteiger partial charge in [-0.15, -0.1) is 0 Å². The highest BCUT2D eigenvalue weighted by atomic mass is 16.3. The number of para-hydroxylation sites is 1.